The predicted molar refractivity (Wildman–Crippen MR) is 88.1 cm³/mol. The maximum absolute atomic E-state index is 7.91. The second-order valence-corrected chi connectivity index (χ2v) is 6.38. The average Bonchev–Trinajstić information content (AvgIpc) is 2.43. The number of likely N-dealkylation sites (N-methyl/N-ethyl adjacent to an activating group) is 1. The summed E-state index contributed by atoms with van der Waals surface area (Å²) in [6.45, 7) is 6.43. The van der Waals surface area contributed by atoms with Crippen LogP contribution in [0.15, 0.2) is 23.1 Å². The Morgan fingerprint density at radius 1 is 1.30 bits per heavy atom. The third kappa shape index (κ3) is 2.79. The third-order valence-corrected chi connectivity index (χ3v) is 4.97. The van der Waals surface area contributed by atoms with Crippen molar-refractivity contribution < 1.29 is 0 Å². The maximum atomic E-state index is 7.91. The molecule has 1 aliphatic heterocycles. The number of hydrogen-bond acceptors (Lipinski definition) is 4. The van der Waals surface area contributed by atoms with Crippen LogP contribution in [0.25, 0.3) is 0 Å². The molecule has 0 bridgehead atoms. The molecule has 0 radical (unpaired) electrons. The molecule has 1 saturated heterocycles. The highest BCUT2D eigenvalue weighted by molar-refractivity contribution is 7.98. The van der Waals surface area contributed by atoms with Gasteiger partial charge < -0.3 is 10.6 Å². The van der Waals surface area contributed by atoms with Crippen LogP contribution in [0.5, 0.6) is 0 Å². The molecule has 2 unspecified atom stereocenters. The van der Waals surface area contributed by atoms with E-state index in [-0.39, 0.29) is 5.84 Å². The molecular weight excluding hydrogens is 268 g/mol. The van der Waals surface area contributed by atoms with Gasteiger partial charge >= 0.3 is 0 Å². The first-order valence-electron chi connectivity index (χ1n) is 6.94. The largest absolute Gasteiger partial charge is 0.384 e. The molecule has 5 heteroatoms. The number of anilines is 1. The van der Waals surface area contributed by atoms with Crippen LogP contribution in [-0.2, 0) is 0 Å². The van der Waals surface area contributed by atoms with Gasteiger partial charge in [-0.3, -0.25) is 10.3 Å². The summed E-state index contributed by atoms with van der Waals surface area (Å²) in [6.07, 6.45) is 2.03. The molecule has 110 valence electrons. The Labute approximate surface area is 125 Å². The van der Waals surface area contributed by atoms with Gasteiger partial charge in [0.2, 0.25) is 0 Å². The molecule has 2 rings (SSSR count). The summed E-state index contributed by atoms with van der Waals surface area (Å²) in [7, 11) is 2.18. The fourth-order valence-corrected chi connectivity index (χ4v) is 3.46. The molecule has 0 amide bonds. The van der Waals surface area contributed by atoms with Gasteiger partial charge in [0.25, 0.3) is 0 Å². The van der Waals surface area contributed by atoms with Crippen molar-refractivity contribution in [2.45, 2.75) is 30.8 Å². The van der Waals surface area contributed by atoms with Crippen LogP contribution < -0.4 is 10.6 Å². The van der Waals surface area contributed by atoms with Crippen molar-refractivity contribution in [1.29, 1.82) is 5.41 Å². The van der Waals surface area contributed by atoms with Crippen LogP contribution in [0.4, 0.5) is 5.69 Å². The summed E-state index contributed by atoms with van der Waals surface area (Å²) in [5, 5.41) is 7.91. The third-order valence-electron chi connectivity index (χ3n) is 4.19. The first kappa shape index (κ1) is 15.2. The lowest BCUT2D eigenvalue weighted by atomic mass is 10.1. The Morgan fingerprint density at radius 2 is 1.90 bits per heavy atom. The number of piperazine rings is 1. The number of nitrogens with two attached hydrogens (primary N) is 1. The maximum Gasteiger partial charge on any atom is 0.126 e. The second kappa shape index (κ2) is 6.06. The van der Waals surface area contributed by atoms with Gasteiger partial charge in [-0.15, -0.1) is 11.8 Å². The lowest BCUT2D eigenvalue weighted by molar-refractivity contribution is 0.170. The highest BCUT2D eigenvalue weighted by atomic mass is 32.2. The minimum Gasteiger partial charge on any atom is -0.384 e. The highest BCUT2D eigenvalue weighted by Gasteiger charge is 2.28. The van der Waals surface area contributed by atoms with Crippen LogP contribution in [0, 0.1) is 5.41 Å². The zero-order valence-electron chi connectivity index (χ0n) is 12.7. The minimum absolute atomic E-state index is 0.157. The van der Waals surface area contributed by atoms with Crippen LogP contribution >= 0.6 is 11.8 Å². The van der Waals surface area contributed by atoms with Gasteiger partial charge in [0.05, 0.1) is 5.56 Å². The molecule has 1 heterocycles. The van der Waals surface area contributed by atoms with E-state index in [0.717, 1.165) is 29.2 Å². The van der Waals surface area contributed by atoms with Crippen molar-refractivity contribution in [3.63, 3.8) is 0 Å². The minimum atomic E-state index is 0.157. The van der Waals surface area contributed by atoms with Gasteiger partial charge in [-0.05, 0) is 39.3 Å². The average molecular weight is 292 g/mol. The van der Waals surface area contributed by atoms with Crippen molar-refractivity contribution in [3.05, 3.63) is 23.8 Å². The van der Waals surface area contributed by atoms with Gasteiger partial charge in [0.15, 0.2) is 0 Å². The summed E-state index contributed by atoms with van der Waals surface area (Å²) in [4.78, 5) is 5.85. The Hall–Kier alpha value is -1.20. The Kier molecular flexibility index (Phi) is 4.60. The number of nitrogens with one attached hydrogen (secondary N) is 1. The number of thioether (sulfide) groups is 1. The molecule has 1 aliphatic rings. The molecule has 3 N–H and O–H groups in total. The van der Waals surface area contributed by atoms with Crippen molar-refractivity contribution in [1.82, 2.24) is 4.90 Å². The van der Waals surface area contributed by atoms with E-state index in [0.29, 0.717) is 12.1 Å². The van der Waals surface area contributed by atoms with E-state index in [2.05, 4.69) is 42.8 Å². The predicted octanol–water partition coefficient (Wildman–Crippen LogP) is 2.22. The van der Waals surface area contributed by atoms with Gasteiger partial charge in [0, 0.05) is 35.8 Å². The van der Waals surface area contributed by atoms with E-state index in [4.69, 9.17) is 11.1 Å². The van der Waals surface area contributed by atoms with Crippen LogP contribution in [0.1, 0.15) is 19.4 Å². The lowest BCUT2D eigenvalue weighted by Gasteiger charge is -2.44. The van der Waals surface area contributed by atoms with E-state index in [1.807, 2.05) is 12.3 Å². The molecule has 0 spiro atoms. The Morgan fingerprint density at radius 3 is 2.40 bits per heavy atom. The molecule has 20 heavy (non-hydrogen) atoms. The second-order valence-electron chi connectivity index (χ2n) is 5.54. The molecule has 4 nitrogen and oxygen atoms in total. The van der Waals surface area contributed by atoms with E-state index >= 15 is 0 Å². The van der Waals surface area contributed by atoms with Gasteiger partial charge in [-0.2, -0.15) is 0 Å². The monoisotopic (exact) mass is 292 g/mol. The van der Waals surface area contributed by atoms with Gasteiger partial charge in [-0.1, -0.05) is 6.07 Å². The number of hydrogen-bond donors (Lipinski definition) is 2. The van der Waals surface area contributed by atoms with Crippen LogP contribution in [0.3, 0.4) is 0 Å². The standard InChI is InChI=1S/C15H24N4S/c1-10-8-19(9-11(2)18(10)3)12-6-5-7-13(20-4)14(12)15(16)17/h5-7,10-11H,8-9H2,1-4H3,(H3,16,17). The summed E-state index contributed by atoms with van der Waals surface area (Å²) < 4.78 is 0. The fourth-order valence-electron chi connectivity index (χ4n) is 2.83. The first-order valence-corrected chi connectivity index (χ1v) is 8.16. The first-order chi connectivity index (χ1) is 9.45. The van der Waals surface area contributed by atoms with Crippen LogP contribution in [0.2, 0.25) is 0 Å². The van der Waals surface area contributed by atoms with Gasteiger partial charge in [0.1, 0.15) is 5.84 Å². The smallest absolute Gasteiger partial charge is 0.126 e. The quantitative estimate of drug-likeness (QED) is 0.509. The highest BCUT2D eigenvalue weighted by Crippen LogP contribution is 2.31. The molecule has 1 fully saturated rings. The van der Waals surface area contributed by atoms with E-state index in [9.17, 15) is 0 Å². The normalized spacial score (nSPS) is 23.9. The SMILES string of the molecule is CSc1cccc(N2CC(C)N(C)C(C)C2)c1C(=N)N. The van der Waals surface area contributed by atoms with Gasteiger partial charge in [-0.25, -0.2) is 0 Å². The Balaban J connectivity index is 2.40. The van der Waals surface area contributed by atoms with E-state index in [1.54, 1.807) is 11.8 Å². The van der Waals surface area contributed by atoms with Crippen molar-refractivity contribution in [2.75, 3.05) is 31.3 Å². The number of benzene rings is 1. The van der Waals surface area contributed by atoms with E-state index in [1.165, 1.54) is 0 Å². The van der Waals surface area contributed by atoms with Crippen molar-refractivity contribution in [3.8, 4) is 0 Å². The molecule has 2 atom stereocenters. The summed E-state index contributed by atoms with van der Waals surface area (Å²) in [6, 6.07) is 7.17. The molecule has 0 aromatic heterocycles. The summed E-state index contributed by atoms with van der Waals surface area (Å²) >= 11 is 1.65. The van der Waals surface area contributed by atoms with E-state index < -0.39 is 0 Å². The Bertz CT molecular complexity index is 491. The van der Waals surface area contributed by atoms with Crippen molar-refractivity contribution in [2.24, 2.45) is 5.73 Å². The van der Waals surface area contributed by atoms with Crippen molar-refractivity contribution >= 4 is 23.3 Å². The summed E-state index contributed by atoms with van der Waals surface area (Å²) in [5.74, 6) is 0.157. The fraction of sp³-hybridized carbons (Fsp3) is 0.533. The zero-order chi connectivity index (χ0) is 14.9. The molecule has 0 aliphatic carbocycles. The number of amidine groups is 1. The zero-order valence-corrected chi connectivity index (χ0v) is 13.5. The van der Waals surface area contributed by atoms with Crippen LogP contribution in [-0.4, -0.2) is 49.2 Å². The summed E-state index contributed by atoms with van der Waals surface area (Å²) in [5.41, 5.74) is 7.80. The molecule has 1 aromatic carbocycles. The topological polar surface area (TPSA) is 56.4 Å². The molecule has 1 aromatic rings. The number of nitrogen functional groups attached to an aromatic ring is 1. The lowest BCUT2D eigenvalue weighted by Crippen LogP contribution is -2.55. The number of rotatable bonds is 3. The number of nitrogens with zero attached hydrogens (tertiary/aromatic N) is 2. The molecular formula is C15H24N4S. The molecule has 0 saturated carbocycles.